The standard InChI is InChI=1S/C23H25FN2O3/c1-23(2,3)18-8-4-16(5-9-18)12-26(13-17-6-10-19(24)11-7-17)14-21-25-20(15-29-21)22(27)28/h4-11,15H,12-14H2,1-3H3,(H,27,28). The average molecular weight is 396 g/mol. The van der Waals surface area contributed by atoms with Crippen LogP contribution in [0.1, 0.15) is 53.8 Å². The Morgan fingerprint density at radius 2 is 1.55 bits per heavy atom. The Kier molecular flexibility index (Phi) is 6.13. The van der Waals surface area contributed by atoms with Crippen LogP contribution >= 0.6 is 0 Å². The first-order valence-corrected chi connectivity index (χ1v) is 9.44. The van der Waals surface area contributed by atoms with E-state index in [-0.39, 0.29) is 16.9 Å². The maximum Gasteiger partial charge on any atom is 0.357 e. The number of carbonyl (C=O) groups is 1. The molecule has 0 aliphatic carbocycles. The number of aromatic nitrogens is 1. The molecule has 0 radical (unpaired) electrons. The summed E-state index contributed by atoms with van der Waals surface area (Å²) >= 11 is 0. The first kappa shape index (κ1) is 20.7. The van der Waals surface area contributed by atoms with Crippen LogP contribution < -0.4 is 0 Å². The molecule has 1 N–H and O–H groups in total. The number of oxazole rings is 1. The lowest BCUT2D eigenvalue weighted by atomic mass is 9.87. The molecule has 0 saturated heterocycles. The lowest BCUT2D eigenvalue weighted by Gasteiger charge is -2.23. The van der Waals surface area contributed by atoms with Crippen molar-refractivity contribution in [3.63, 3.8) is 0 Å². The lowest BCUT2D eigenvalue weighted by molar-refractivity contribution is 0.0690. The summed E-state index contributed by atoms with van der Waals surface area (Å²) in [5.74, 6) is -1.07. The van der Waals surface area contributed by atoms with Crippen LogP contribution in [0.15, 0.2) is 59.2 Å². The number of halogens is 1. The minimum atomic E-state index is -1.12. The van der Waals surface area contributed by atoms with Crippen LogP contribution in [0.25, 0.3) is 0 Å². The number of benzene rings is 2. The molecule has 0 unspecified atom stereocenters. The Bertz CT molecular complexity index is 957. The van der Waals surface area contributed by atoms with Crippen LogP contribution in [0.5, 0.6) is 0 Å². The number of carboxylic acid groups (broad SMARTS) is 1. The third-order valence-corrected chi connectivity index (χ3v) is 4.68. The summed E-state index contributed by atoms with van der Waals surface area (Å²) in [6.07, 6.45) is 1.14. The molecule has 1 aromatic heterocycles. The molecule has 0 bridgehead atoms. The second-order valence-corrected chi connectivity index (χ2v) is 8.15. The zero-order chi connectivity index (χ0) is 21.0. The fourth-order valence-corrected chi connectivity index (χ4v) is 3.06. The predicted molar refractivity (Wildman–Crippen MR) is 108 cm³/mol. The Morgan fingerprint density at radius 3 is 2.03 bits per heavy atom. The molecule has 152 valence electrons. The molecule has 0 amide bonds. The summed E-state index contributed by atoms with van der Waals surface area (Å²) in [6, 6.07) is 14.8. The largest absolute Gasteiger partial charge is 0.476 e. The van der Waals surface area contributed by atoms with Crippen LogP contribution in [0.4, 0.5) is 4.39 Å². The zero-order valence-electron chi connectivity index (χ0n) is 16.9. The van der Waals surface area contributed by atoms with Crippen molar-refractivity contribution in [2.24, 2.45) is 0 Å². The Hall–Kier alpha value is -2.99. The first-order chi connectivity index (χ1) is 13.7. The molecule has 3 aromatic rings. The van der Waals surface area contributed by atoms with E-state index in [2.05, 4.69) is 54.9 Å². The summed E-state index contributed by atoms with van der Waals surface area (Å²) in [6.45, 7) is 8.02. The summed E-state index contributed by atoms with van der Waals surface area (Å²) in [4.78, 5) is 17.2. The summed E-state index contributed by atoms with van der Waals surface area (Å²) in [5, 5.41) is 9.05. The van der Waals surface area contributed by atoms with Gasteiger partial charge >= 0.3 is 5.97 Å². The van der Waals surface area contributed by atoms with Crippen molar-refractivity contribution in [2.45, 2.75) is 45.8 Å². The SMILES string of the molecule is CC(C)(C)c1ccc(CN(Cc2ccc(F)cc2)Cc2nc(C(=O)O)co2)cc1. The summed E-state index contributed by atoms with van der Waals surface area (Å²) < 4.78 is 18.6. The normalized spacial score (nSPS) is 11.8. The molecule has 5 nitrogen and oxygen atoms in total. The maximum atomic E-state index is 13.2. The van der Waals surface area contributed by atoms with E-state index < -0.39 is 5.97 Å². The van der Waals surface area contributed by atoms with E-state index in [1.807, 2.05) is 0 Å². The van der Waals surface area contributed by atoms with Gasteiger partial charge in [-0.05, 0) is 34.2 Å². The molecular formula is C23H25FN2O3. The molecule has 0 aliphatic heterocycles. The van der Waals surface area contributed by atoms with E-state index in [9.17, 15) is 9.18 Å². The number of rotatable bonds is 7. The maximum absolute atomic E-state index is 13.2. The van der Waals surface area contributed by atoms with E-state index in [1.165, 1.54) is 17.7 Å². The van der Waals surface area contributed by atoms with Crippen molar-refractivity contribution in [2.75, 3.05) is 0 Å². The van der Waals surface area contributed by atoms with Crippen LogP contribution in [-0.2, 0) is 25.0 Å². The first-order valence-electron chi connectivity index (χ1n) is 9.44. The molecule has 0 aliphatic rings. The predicted octanol–water partition coefficient (Wildman–Crippen LogP) is 5.01. The van der Waals surface area contributed by atoms with Gasteiger partial charge in [-0.15, -0.1) is 0 Å². The van der Waals surface area contributed by atoms with Crippen LogP contribution in [0.3, 0.4) is 0 Å². The molecule has 29 heavy (non-hydrogen) atoms. The van der Waals surface area contributed by atoms with E-state index >= 15 is 0 Å². The minimum Gasteiger partial charge on any atom is -0.476 e. The molecule has 0 fully saturated rings. The van der Waals surface area contributed by atoms with Gasteiger partial charge in [0.1, 0.15) is 12.1 Å². The second kappa shape index (κ2) is 8.57. The fourth-order valence-electron chi connectivity index (χ4n) is 3.06. The highest BCUT2D eigenvalue weighted by atomic mass is 19.1. The van der Waals surface area contributed by atoms with Gasteiger partial charge in [0.15, 0.2) is 5.69 Å². The van der Waals surface area contributed by atoms with Gasteiger partial charge in [0, 0.05) is 13.1 Å². The van der Waals surface area contributed by atoms with Gasteiger partial charge < -0.3 is 9.52 Å². The highest BCUT2D eigenvalue weighted by Gasteiger charge is 2.16. The second-order valence-electron chi connectivity index (χ2n) is 8.15. The number of nitrogens with zero attached hydrogens (tertiary/aromatic N) is 2. The monoisotopic (exact) mass is 396 g/mol. The topological polar surface area (TPSA) is 66.6 Å². The Labute approximate surface area is 169 Å². The smallest absolute Gasteiger partial charge is 0.357 e. The quantitative estimate of drug-likeness (QED) is 0.608. The van der Waals surface area contributed by atoms with Crippen LogP contribution in [0.2, 0.25) is 0 Å². The summed E-state index contributed by atoms with van der Waals surface area (Å²) in [7, 11) is 0. The average Bonchev–Trinajstić information content (AvgIpc) is 3.12. The van der Waals surface area contributed by atoms with Crippen molar-refractivity contribution in [1.82, 2.24) is 9.88 Å². The minimum absolute atomic E-state index is 0.0810. The van der Waals surface area contributed by atoms with Gasteiger partial charge in [0.25, 0.3) is 0 Å². The van der Waals surface area contributed by atoms with Crippen molar-refractivity contribution in [1.29, 1.82) is 0 Å². The highest BCUT2D eigenvalue weighted by molar-refractivity contribution is 5.84. The lowest BCUT2D eigenvalue weighted by Crippen LogP contribution is -2.23. The summed E-state index contributed by atoms with van der Waals surface area (Å²) in [5.41, 5.74) is 3.28. The van der Waals surface area contributed by atoms with Gasteiger partial charge in [0.05, 0.1) is 6.54 Å². The molecule has 1 heterocycles. The van der Waals surface area contributed by atoms with Crippen molar-refractivity contribution < 1.29 is 18.7 Å². The van der Waals surface area contributed by atoms with Crippen molar-refractivity contribution in [3.05, 3.63) is 88.9 Å². The van der Waals surface area contributed by atoms with Gasteiger partial charge in [0.2, 0.25) is 5.89 Å². The van der Waals surface area contributed by atoms with Gasteiger partial charge in [-0.3, -0.25) is 4.90 Å². The zero-order valence-corrected chi connectivity index (χ0v) is 16.9. The van der Waals surface area contributed by atoms with Gasteiger partial charge in [-0.1, -0.05) is 57.2 Å². The van der Waals surface area contributed by atoms with E-state index in [0.29, 0.717) is 25.5 Å². The molecule has 2 aromatic carbocycles. The molecular weight excluding hydrogens is 371 g/mol. The highest BCUT2D eigenvalue weighted by Crippen LogP contribution is 2.23. The number of aromatic carboxylic acids is 1. The molecule has 3 rings (SSSR count). The Morgan fingerprint density at radius 1 is 1.00 bits per heavy atom. The molecule has 0 atom stereocenters. The van der Waals surface area contributed by atoms with E-state index in [4.69, 9.17) is 9.52 Å². The van der Waals surface area contributed by atoms with Gasteiger partial charge in [-0.2, -0.15) is 0 Å². The molecule has 0 spiro atoms. The number of hydrogen-bond donors (Lipinski definition) is 1. The van der Waals surface area contributed by atoms with Crippen LogP contribution in [0, 0.1) is 5.82 Å². The van der Waals surface area contributed by atoms with Crippen molar-refractivity contribution in [3.8, 4) is 0 Å². The molecule has 0 saturated carbocycles. The van der Waals surface area contributed by atoms with Crippen LogP contribution in [-0.4, -0.2) is 21.0 Å². The fraction of sp³-hybridized carbons (Fsp3) is 0.304. The third kappa shape index (κ3) is 5.74. The van der Waals surface area contributed by atoms with E-state index in [1.54, 1.807) is 12.1 Å². The van der Waals surface area contributed by atoms with Gasteiger partial charge in [-0.25, -0.2) is 14.2 Å². The molecule has 6 heteroatoms. The van der Waals surface area contributed by atoms with Crippen molar-refractivity contribution >= 4 is 5.97 Å². The Balaban J connectivity index is 1.79. The number of carboxylic acids is 1. The van der Waals surface area contributed by atoms with E-state index in [0.717, 1.165) is 17.4 Å². The third-order valence-electron chi connectivity index (χ3n) is 4.68. The number of hydrogen-bond acceptors (Lipinski definition) is 4.